The van der Waals surface area contributed by atoms with Crippen LogP contribution in [0.2, 0.25) is 0 Å². The van der Waals surface area contributed by atoms with Gasteiger partial charge in [-0.15, -0.1) is 21.5 Å². The van der Waals surface area contributed by atoms with E-state index in [1.807, 2.05) is 11.4 Å². The fourth-order valence-electron chi connectivity index (χ4n) is 1.64. The molecule has 1 atom stereocenters. The lowest BCUT2D eigenvalue weighted by atomic mass is 10.2. The van der Waals surface area contributed by atoms with Gasteiger partial charge in [0.05, 0.1) is 6.04 Å². The van der Waals surface area contributed by atoms with Crippen molar-refractivity contribution in [2.45, 2.75) is 32.7 Å². The average Bonchev–Trinajstić information content (AvgIpc) is 2.99. The highest BCUT2D eigenvalue weighted by atomic mass is 79.9. The summed E-state index contributed by atoms with van der Waals surface area (Å²) in [6.45, 7) is 5.21. The minimum absolute atomic E-state index is 0.143. The first-order chi connectivity index (χ1) is 8.76. The molecule has 0 radical (unpaired) electrons. The van der Waals surface area contributed by atoms with Crippen LogP contribution >= 0.6 is 27.3 Å². The normalized spacial score (nSPS) is 12.8. The maximum atomic E-state index is 5.75. The lowest BCUT2D eigenvalue weighted by molar-refractivity contribution is 0.396. The molecule has 0 aromatic carbocycles. The zero-order valence-electron chi connectivity index (χ0n) is 10.4. The van der Waals surface area contributed by atoms with E-state index < -0.39 is 0 Å². The van der Waals surface area contributed by atoms with Crippen LogP contribution in [-0.4, -0.2) is 16.7 Å². The van der Waals surface area contributed by atoms with Crippen LogP contribution in [-0.2, 0) is 0 Å². The molecule has 6 heteroatoms. The molecule has 0 saturated carbocycles. The predicted molar refractivity (Wildman–Crippen MR) is 76.6 cm³/mol. The summed E-state index contributed by atoms with van der Waals surface area (Å²) in [4.78, 5) is 0.985. The molecular formula is C12H16BrN3OS. The smallest absolute Gasteiger partial charge is 0.258 e. The van der Waals surface area contributed by atoms with Crippen molar-refractivity contribution in [3.05, 3.63) is 21.8 Å². The molecule has 0 aliphatic heterocycles. The number of halogens is 1. The van der Waals surface area contributed by atoms with E-state index in [0.29, 0.717) is 11.8 Å². The number of hydrogen-bond acceptors (Lipinski definition) is 5. The Balaban J connectivity index is 2.16. The molecule has 1 N–H and O–H groups in total. The van der Waals surface area contributed by atoms with E-state index in [1.165, 1.54) is 0 Å². The van der Waals surface area contributed by atoms with Gasteiger partial charge in [-0.3, -0.25) is 0 Å². The van der Waals surface area contributed by atoms with Crippen molar-refractivity contribution in [2.75, 3.05) is 6.54 Å². The van der Waals surface area contributed by atoms with Crippen molar-refractivity contribution in [2.24, 2.45) is 0 Å². The minimum Gasteiger partial charge on any atom is -0.418 e. The summed E-state index contributed by atoms with van der Waals surface area (Å²) < 4.78 is 6.75. The Bertz CT molecular complexity index is 497. The molecule has 0 spiro atoms. The Morgan fingerprint density at radius 3 is 2.89 bits per heavy atom. The SMILES string of the molecule is CCCNC(CC)c1nnc(-c2sccc2Br)o1. The molecule has 0 amide bonds. The van der Waals surface area contributed by atoms with Crippen molar-refractivity contribution in [3.8, 4) is 10.8 Å². The van der Waals surface area contributed by atoms with Crippen LogP contribution in [0.15, 0.2) is 20.3 Å². The standard InChI is InChI=1S/C12H16BrN3OS/c1-3-6-14-9(4-2)11-15-16-12(17-11)10-8(13)5-7-18-10/h5,7,9,14H,3-4,6H2,1-2H3. The van der Waals surface area contributed by atoms with Crippen LogP contribution in [0, 0.1) is 0 Å². The largest absolute Gasteiger partial charge is 0.418 e. The van der Waals surface area contributed by atoms with Gasteiger partial charge in [-0.1, -0.05) is 13.8 Å². The molecule has 0 aliphatic carbocycles. The molecule has 0 bridgehead atoms. The molecule has 2 heterocycles. The third-order valence-electron chi connectivity index (χ3n) is 2.60. The van der Waals surface area contributed by atoms with Crippen molar-refractivity contribution in [3.63, 3.8) is 0 Å². The molecule has 0 aliphatic rings. The van der Waals surface area contributed by atoms with Crippen LogP contribution in [0.5, 0.6) is 0 Å². The maximum absolute atomic E-state index is 5.75. The first-order valence-electron chi connectivity index (χ1n) is 6.06. The average molecular weight is 330 g/mol. The fraction of sp³-hybridized carbons (Fsp3) is 0.500. The van der Waals surface area contributed by atoms with Gasteiger partial charge in [0.15, 0.2) is 0 Å². The number of hydrogen-bond donors (Lipinski definition) is 1. The van der Waals surface area contributed by atoms with Crippen molar-refractivity contribution in [1.29, 1.82) is 0 Å². The number of aromatic nitrogens is 2. The van der Waals surface area contributed by atoms with Gasteiger partial charge >= 0.3 is 0 Å². The van der Waals surface area contributed by atoms with E-state index in [4.69, 9.17) is 4.42 Å². The second-order valence-corrected chi connectivity index (χ2v) is 5.73. The Morgan fingerprint density at radius 2 is 2.28 bits per heavy atom. The van der Waals surface area contributed by atoms with Crippen molar-refractivity contribution in [1.82, 2.24) is 15.5 Å². The van der Waals surface area contributed by atoms with Crippen LogP contribution in [0.1, 0.15) is 38.6 Å². The van der Waals surface area contributed by atoms with Gasteiger partial charge < -0.3 is 9.73 Å². The molecular weight excluding hydrogens is 314 g/mol. The Kier molecular flexibility index (Phi) is 4.91. The first kappa shape index (κ1) is 13.7. The van der Waals surface area contributed by atoms with E-state index in [2.05, 4.69) is 45.3 Å². The monoisotopic (exact) mass is 329 g/mol. The highest BCUT2D eigenvalue weighted by Crippen LogP contribution is 2.33. The molecule has 0 fully saturated rings. The molecule has 2 rings (SSSR count). The summed E-state index contributed by atoms with van der Waals surface area (Å²) in [6.07, 6.45) is 2.03. The quantitative estimate of drug-likeness (QED) is 0.869. The third-order valence-corrected chi connectivity index (χ3v) is 4.42. The summed E-state index contributed by atoms with van der Waals surface area (Å²) in [5, 5.41) is 13.7. The Labute approximate surface area is 119 Å². The van der Waals surface area contributed by atoms with Crippen LogP contribution in [0.4, 0.5) is 0 Å². The lowest BCUT2D eigenvalue weighted by Gasteiger charge is -2.11. The van der Waals surface area contributed by atoms with E-state index in [1.54, 1.807) is 11.3 Å². The van der Waals surface area contributed by atoms with Crippen LogP contribution in [0.3, 0.4) is 0 Å². The van der Waals surface area contributed by atoms with Crippen LogP contribution < -0.4 is 5.32 Å². The highest BCUT2D eigenvalue weighted by molar-refractivity contribution is 9.10. The van der Waals surface area contributed by atoms with Crippen LogP contribution in [0.25, 0.3) is 10.8 Å². The van der Waals surface area contributed by atoms with Gasteiger partial charge in [-0.25, -0.2) is 0 Å². The molecule has 0 saturated heterocycles. The summed E-state index contributed by atoms with van der Waals surface area (Å²) >= 11 is 5.06. The summed E-state index contributed by atoms with van der Waals surface area (Å²) in [7, 11) is 0. The van der Waals surface area contributed by atoms with Gasteiger partial charge in [0.2, 0.25) is 5.89 Å². The van der Waals surface area contributed by atoms with Crippen molar-refractivity contribution < 1.29 is 4.42 Å². The third kappa shape index (κ3) is 2.99. The Hall–Kier alpha value is -0.720. The summed E-state index contributed by atoms with van der Waals surface area (Å²) in [6, 6.07) is 2.13. The van der Waals surface area contributed by atoms with E-state index in [9.17, 15) is 0 Å². The summed E-state index contributed by atoms with van der Waals surface area (Å²) in [5.41, 5.74) is 0. The minimum atomic E-state index is 0.143. The van der Waals surface area contributed by atoms with Gasteiger partial charge in [0.1, 0.15) is 4.88 Å². The number of rotatable bonds is 6. The summed E-state index contributed by atoms with van der Waals surface area (Å²) in [5.74, 6) is 1.25. The zero-order valence-corrected chi connectivity index (χ0v) is 12.8. The number of thiophene rings is 1. The molecule has 18 heavy (non-hydrogen) atoms. The first-order valence-corrected chi connectivity index (χ1v) is 7.73. The molecule has 98 valence electrons. The maximum Gasteiger partial charge on any atom is 0.258 e. The zero-order chi connectivity index (χ0) is 13.0. The molecule has 2 aromatic rings. The molecule has 4 nitrogen and oxygen atoms in total. The Morgan fingerprint density at radius 1 is 1.44 bits per heavy atom. The fourth-order valence-corrected chi connectivity index (χ4v) is 3.10. The van der Waals surface area contributed by atoms with Gasteiger partial charge in [-0.05, 0) is 46.8 Å². The predicted octanol–water partition coefficient (Wildman–Crippen LogP) is 4.01. The lowest BCUT2D eigenvalue weighted by Crippen LogP contribution is -2.21. The molecule has 2 aromatic heterocycles. The molecule has 1 unspecified atom stereocenters. The van der Waals surface area contributed by atoms with Gasteiger partial charge in [0, 0.05) is 4.47 Å². The topological polar surface area (TPSA) is 51.0 Å². The van der Waals surface area contributed by atoms with Gasteiger partial charge in [-0.2, -0.15) is 0 Å². The second kappa shape index (κ2) is 6.45. The van der Waals surface area contributed by atoms with Crippen molar-refractivity contribution >= 4 is 27.3 Å². The van der Waals surface area contributed by atoms with Gasteiger partial charge in [0.25, 0.3) is 5.89 Å². The second-order valence-electron chi connectivity index (χ2n) is 3.96. The number of nitrogens with zero attached hydrogens (tertiary/aromatic N) is 2. The highest BCUT2D eigenvalue weighted by Gasteiger charge is 2.18. The van der Waals surface area contributed by atoms with E-state index >= 15 is 0 Å². The van der Waals surface area contributed by atoms with E-state index in [0.717, 1.165) is 28.7 Å². The van der Waals surface area contributed by atoms with E-state index in [-0.39, 0.29) is 6.04 Å². The number of nitrogens with one attached hydrogen (secondary N) is 1.